The number of carboxylic acids is 1. The Balaban J connectivity index is 2.26. The Labute approximate surface area is 127 Å². The maximum Gasteiger partial charge on any atom is 0.337 e. The molecule has 2 aromatic rings. The summed E-state index contributed by atoms with van der Waals surface area (Å²) >= 11 is 4.60. The Morgan fingerprint density at radius 3 is 2.65 bits per heavy atom. The second-order valence-corrected chi connectivity index (χ2v) is 5.78. The Morgan fingerprint density at radius 1 is 1.30 bits per heavy atom. The standard InChI is InChI=1S/C13H11BrN2O3S/c14-8-4-1-3-7(13(18)19)11(8)16-12(17)10(15)9-5-2-6-20-9/h1-6,10H,15H2,(H,16,17)(H,18,19). The van der Waals surface area contributed by atoms with Crippen molar-refractivity contribution in [1.82, 2.24) is 0 Å². The molecule has 1 amide bonds. The molecule has 20 heavy (non-hydrogen) atoms. The Hall–Kier alpha value is -1.70. The van der Waals surface area contributed by atoms with Crippen LogP contribution in [0.5, 0.6) is 0 Å². The molecule has 4 N–H and O–H groups in total. The SMILES string of the molecule is NC(C(=O)Nc1c(Br)cccc1C(=O)O)c1cccs1. The lowest BCUT2D eigenvalue weighted by Crippen LogP contribution is -2.27. The second-order valence-electron chi connectivity index (χ2n) is 3.95. The first-order valence-corrected chi connectivity index (χ1v) is 7.29. The van der Waals surface area contributed by atoms with Gasteiger partial charge in [-0.3, -0.25) is 4.79 Å². The lowest BCUT2D eigenvalue weighted by Gasteiger charge is -2.14. The van der Waals surface area contributed by atoms with Crippen LogP contribution in [-0.2, 0) is 4.79 Å². The topological polar surface area (TPSA) is 92.4 Å². The summed E-state index contributed by atoms with van der Waals surface area (Å²) in [5.41, 5.74) is 6.05. The van der Waals surface area contributed by atoms with Crippen LogP contribution in [0.4, 0.5) is 5.69 Å². The van der Waals surface area contributed by atoms with Gasteiger partial charge in [0, 0.05) is 9.35 Å². The number of nitrogens with two attached hydrogens (primary N) is 1. The van der Waals surface area contributed by atoms with Gasteiger partial charge in [0.2, 0.25) is 5.91 Å². The van der Waals surface area contributed by atoms with Crippen molar-refractivity contribution in [2.75, 3.05) is 5.32 Å². The van der Waals surface area contributed by atoms with Crippen molar-refractivity contribution in [3.8, 4) is 0 Å². The van der Waals surface area contributed by atoms with Crippen molar-refractivity contribution in [2.24, 2.45) is 5.73 Å². The molecule has 1 heterocycles. The van der Waals surface area contributed by atoms with E-state index in [9.17, 15) is 9.59 Å². The number of benzene rings is 1. The molecule has 2 rings (SSSR count). The molecular formula is C13H11BrN2O3S. The molecule has 1 atom stereocenters. The molecule has 0 aliphatic rings. The number of thiophene rings is 1. The number of halogens is 1. The molecule has 0 aliphatic carbocycles. The smallest absolute Gasteiger partial charge is 0.337 e. The fourth-order valence-electron chi connectivity index (χ4n) is 1.63. The van der Waals surface area contributed by atoms with Gasteiger partial charge in [-0.1, -0.05) is 12.1 Å². The molecule has 1 unspecified atom stereocenters. The first-order valence-electron chi connectivity index (χ1n) is 5.62. The van der Waals surface area contributed by atoms with E-state index < -0.39 is 17.9 Å². The lowest BCUT2D eigenvalue weighted by molar-refractivity contribution is -0.117. The van der Waals surface area contributed by atoms with E-state index in [1.165, 1.54) is 17.4 Å². The third-order valence-corrected chi connectivity index (χ3v) is 4.24. The predicted octanol–water partition coefficient (Wildman–Crippen LogP) is 2.85. The van der Waals surface area contributed by atoms with Crippen LogP contribution in [0.3, 0.4) is 0 Å². The summed E-state index contributed by atoms with van der Waals surface area (Å²) in [6.07, 6.45) is 0. The molecule has 1 aromatic heterocycles. The minimum atomic E-state index is -1.12. The van der Waals surface area contributed by atoms with E-state index in [2.05, 4.69) is 21.2 Å². The normalized spacial score (nSPS) is 11.9. The van der Waals surface area contributed by atoms with E-state index in [-0.39, 0.29) is 11.3 Å². The van der Waals surface area contributed by atoms with Crippen LogP contribution in [0.2, 0.25) is 0 Å². The summed E-state index contributed by atoms with van der Waals surface area (Å²) in [4.78, 5) is 24.0. The third-order valence-electron chi connectivity index (χ3n) is 2.62. The molecule has 0 saturated carbocycles. The molecule has 0 saturated heterocycles. The highest BCUT2D eigenvalue weighted by Crippen LogP contribution is 2.28. The number of amides is 1. The number of para-hydroxylation sites is 1. The largest absolute Gasteiger partial charge is 0.478 e. The van der Waals surface area contributed by atoms with Gasteiger partial charge in [-0.15, -0.1) is 11.3 Å². The number of rotatable bonds is 4. The number of carbonyl (C=O) groups excluding carboxylic acids is 1. The highest BCUT2D eigenvalue weighted by atomic mass is 79.9. The molecule has 0 bridgehead atoms. The summed E-state index contributed by atoms with van der Waals surface area (Å²) in [7, 11) is 0. The number of hydrogen-bond acceptors (Lipinski definition) is 4. The lowest BCUT2D eigenvalue weighted by atomic mass is 10.1. The van der Waals surface area contributed by atoms with Crippen molar-refractivity contribution >= 4 is 44.8 Å². The first-order chi connectivity index (χ1) is 9.50. The van der Waals surface area contributed by atoms with E-state index in [0.717, 1.165) is 0 Å². The van der Waals surface area contributed by atoms with Gasteiger partial charge in [-0.05, 0) is 39.5 Å². The zero-order chi connectivity index (χ0) is 14.7. The summed E-state index contributed by atoms with van der Waals surface area (Å²) < 4.78 is 0.490. The fraction of sp³-hybridized carbons (Fsp3) is 0.0769. The van der Waals surface area contributed by atoms with Crippen molar-refractivity contribution in [1.29, 1.82) is 0 Å². The van der Waals surface area contributed by atoms with Crippen molar-refractivity contribution in [3.63, 3.8) is 0 Å². The van der Waals surface area contributed by atoms with E-state index in [0.29, 0.717) is 9.35 Å². The molecule has 0 fully saturated rings. The van der Waals surface area contributed by atoms with Gasteiger partial charge in [0.05, 0.1) is 11.3 Å². The van der Waals surface area contributed by atoms with Crippen molar-refractivity contribution < 1.29 is 14.7 Å². The molecule has 0 radical (unpaired) electrons. The van der Waals surface area contributed by atoms with Crippen LogP contribution in [0.25, 0.3) is 0 Å². The van der Waals surface area contributed by atoms with E-state index in [4.69, 9.17) is 10.8 Å². The second kappa shape index (κ2) is 6.17. The van der Waals surface area contributed by atoms with Gasteiger partial charge < -0.3 is 16.2 Å². The molecule has 104 valence electrons. The minimum absolute atomic E-state index is 0.00565. The molecular weight excluding hydrogens is 344 g/mol. The van der Waals surface area contributed by atoms with Crippen LogP contribution < -0.4 is 11.1 Å². The third kappa shape index (κ3) is 3.06. The van der Waals surface area contributed by atoms with Gasteiger partial charge in [0.15, 0.2) is 0 Å². The molecule has 5 nitrogen and oxygen atoms in total. The average molecular weight is 355 g/mol. The molecule has 0 aliphatic heterocycles. The maximum atomic E-state index is 12.1. The minimum Gasteiger partial charge on any atom is -0.478 e. The summed E-state index contributed by atoms with van der Waals surface area (Å²) in [5.74, 6) is -1.58. The Kier molecular flexibility index (Phi) is 4.53. The van der Waals surface area contributed by atoms with Crippen LogP contribution in [0.15, 0.2) is 40.2 Å². The zero-order valence-electron chi connectivity index (χ0n) is 10.2. The van der Waals surface area contributed by atoms with E-state index >= 15 is 0 Å². The van der Waals surface area contributed by atoms with Crippen LogP contribution in [0.1, 0.15) is 21.3 Å². The van der Waals surface area contributed by atoms with Gasteiger partial charge in [-0.25, -0.2) is 4.79 Å². The van der Waals surface area contributed by atoms with E-state index in [1.807, 2.05) is 5.38 Å². The van der Waals surface area contributed by atoms with Gasteiger partial charge >= 0.3 is 5.97 Å². The number of carbonyl (C=O) groups is 2. The number of hydrogen-bond donors (Lipinski definition) is 3. The highest BCUT2D eigenvalue weighted by Gasteiger charge is 2.20. The zero-order valence-corrected chi connectivity index (χ0v) is 12.6. The number of nitrogens with one attached hydrogen (secondary N) is 1. The van der Waals surface area contributed by atoms with Gasteiger partial charge in [0.25, 0.3) is 0 Å². The fourth-order valence-corrected chi connectivity index (χ4v) is 2.82. The van der Waals surface area contributed by atoms with E-state index in [1.54, 1.807) is 24.3 Å². The predicted molar refractivity (Wildman–Crippen MR) is 81.0 cm³/mol. The van der Waals surface area contributed by atoms with Gasteiger partial charge in [-0.2, -0.15) is 0 Å². The van der Waals surface area contributed by atoms with Crippen LogP contribution in [-0.4, -0.2) is 17.0 Å². The average Bonchev–Trinajstić information content (AvgIpc) is 2.93. The summed E-state index contributed by atoms with van der Waals surface area (Å²) in [6.45, 7) is 0. The number of carboxylic acid groups (broad SMARTS) is 1. The molecule has 0 spiro atoms. The molecule has 1 aromatic carbocycles. The highest BCUT2D eigenvalue weighted by molar-refractivity contribution is 9.10. The first kappa shape index (κ1) is 14.7. The summed E-state index contributed by atoms with van der Waals surface area (Å²) in [6, 6.07) is 7.38. The van der Waals surface area contributed by atoms with Gasteiger partial charge in [0.1, 0.15) is 6.04 Å². The Morgan fingerprint density at radius 2 is 2.05 bits per heavy atom. The quantitative estimate of drug-likeness (QED) is 0.786. The summed E-state index contributed by atoms with van der Waals surface area (Å²) in [5, 5.41) is 13.5. The maximum absolute atomic E-state index is 12.1. The van der Waals surface area contributed by atoms with Crippen molar-refractivity contribution in [2.45, 2.75) is 6.04 Å². The Bertz CT molecular complexity index is 643. The molecule has 7 heteroatoms. The number of aromatic carboxylic acids is 1. The van der Waals surface area contributed by atoms with Crippen LogP contribution >= 0.6 is 27.3 Å². The monoisotopic (exact) mass is 354 g/mol. The number of anilines is 1. The van der Waals surface area contributed by atoms with Crippen molar-refractivity contribution in [3.05, 3.63) is 50.6 Å². The van der Waals surface area contributed by atoms with Crippen LogP contribution in [0, 0.1) is 0 Å².